The van der Waals surface area contributed by atoms with Crippen LogP contribution in [0.1, 0.15) is 18.9 Å². The van der Waals surface area contributed by atoms with Gasteiger partial charge in [-0.25, -0.2) is 4.39 Å². The zero-order valence-corrected chi connectivity index (χ0v) is 7.76. The highest BCUT2D eigenvalue weighted by molar-refractivity contribution is 5.22. The maximum atomic E-state index is 12.6. The molecule has 0 radical (unpaired) electrons. The Kier molecular flexibility index (Phi) is 1.88. The molecule has 1 nitrogen and oxygen atoms in total. The van der Waals surface area contributed by atoms with Crippen molar-refractivity contribution in [1.29, 1.82) is 0 Å². The summed E-state index contributed by atoms with van der Waals surface area (Å²) >= 11 is 0. The summed E-state index contributed by atoms with van der Waals surface area (Å²) in [5.41, 5.74) is 7.18. The van der Waals surface area contributed by atoms with Crippen LogP contribution in [0.5, 0.6) is 0 Å². The van der Waals surface area contributed by atoms with Gasteiger partial charge in [0.05, 0.1) is 0 Å². The molecule has 0 bridgehead atoms. The summed E-state index contributed by atoms with van der Waals surface area (Å²) in [6.07, 6.45) is 1.96. The fourth-order valence-electron chi connectivity index (χ4n) is 1.74. The van der Waals surface area contributed by atoms with Crippen molar-refractivity contribution < 1.29 is 4.39 Å². The number of benzene rings is 1. The highest BCUT2D eigenvalue weighted by atomic mass is 19.1. The SMILES string of the molecule is CC1CC1(N)Cc1ccc(F)cc1. The number of halogens is 1. The molecule has 0 amide bonds. The lowest BCUT2D eigenvalue weighted by Crippen LogP contribution is -2.27. The first-order valence-corrected chi connectivity index (χ1v) is 4.63. The van der Waals surface area contributed by atoms with Gasteiger partial charge in [0.25, 0.3) is 0 Å². The molecular formula is C11H14FN. The minimum atomic E-state index is -0.182. The van der Waals surface area contributed by atoms with Crippen LogP contribution in [-0.4, -0.2) is 5.54 Å². The van der Waals surface area contributed by atoms with Gasteiger partial charge in [-0.1, -0.05) is 19.1 Å². The number of nitrogens with two attached hydrogens (primary N) is 1. The Morgan fingerprint density at radius 2 is 2.00 bits per heavy atom. The molecule has 2 N–H and O–H groups in total. The smallest absolute Gasteiger partial charge is 0.123 e. The van der Waals surface area contributed by atoms with Crippen LogP contribution in [0.15, 0.2) is 24.3 Å². The third kappa shape index (κ3) is 1.73. The van der Waals surface area contributed by atoms with Crippen LogP contribution >= 0.6 is 0 Å². The highest BCUT2D eigenvalue weighted by Gasteiger charge is 2.46. The van der Waals surface area contributed by atoms with E-state index in [1.54, 1.807) is 0 Å². The highest BCUT2D eigenvalue weighted by Crippen LogP contribution is 2.42. The second-order valence-electron chi connectivity index (χ2n) is 4.14. The molecule has 0 aliphatic heterocycles. The monoisotopic (exact) mass is 179 g/mol. The van der Waals surface area contributed by atoms with Crippen LogP contribution < -0.4 is 5.73 Å². The van der Waals surface area contributed by atoms with Crippen LogP contribution in [0.25, 0.3) is 0 Å². The largest absolute Gasteiger partial charge is 0.325 e. The molecule has 1 aromatic rings. The zero-order chi connectivity index (χ0) is 9.47. The minimum absolute atomic E-state index is 0.0160. The van der Waals surface area contributed by atoms with Crippen molar-refractivity contribution in [2.75, 3.05) is 0 Å². The van der Waals surface area contributed by atoms with Crippen LogP contribution in [-0.2, 0) is 6.42 Å². The molecule has 1 aliphatic rings. The fraction of sp³-hybridized carbons (Fsp3) is 0.455. The number of hydrogen-bond donors (Lipinski definition) is 1. The second-order valence-corrected chi connectivity index (χ2v) is 4.14. The lowest BCUT2D eigenvalue weighted by molar-refractivity contribution is 0.607. The van der Waals surface area contributed by atoms with Crippen LogP contribution in [0.4, 0.5) is 4.39 Å². The van der Waals surface area contributed by atoms with Crippen molar-refractivity contribution in [3.8, 4) is 0 Å². The van der Waals surface area contributed by atoms with E-state index in [4.69, 9.17) is 5.73 Å². The minimum Gasteiger partial charge on any atom is -0.325 e. The zero-order valence-electron chi connectivity index (χ0n) is 7.76. The van der Waals surface area contributed by atoms with Gasteiger partial charge in [0, 0.05) is 5.54 Å². The summed E-state index contributed by atoms with van der Waals surface area (Å²) in [4.78, 5) is 0. The Morgan fingerprint density at radius 3 is 2.46 bits per heavy atom. The molecule has 0 spiro atoms. The van der Waals surface area contributed by atoms with Gasteiger partial charge in [-0.15, -0.1) is 0 Å². The molecule has 2 atom stereocenters. The van der Waals surface area contributed by atoms with E-state index in [1.807, 2.05) is 12.1 Å². The molecule has 13 heavy (non-hydrogen) atoms. The molecule has 2 unspecified atom stereocenters. The molecule has 0 aromatic heterocycles. The van der Waals surface area contributed by atoms with Gasteiger partial charge in [0.1, 0.15) is 5.82 Å². The van der Waals surface area contributed by atoms with Gasteiger partial charge >= 0.3 is 0 Å². The summed E-state index contributed by atoms with van der Waals surface area (Å²) in [5, 5.41) is 0. The molecule has 2 heteroatoms. The van der Waals surface area contributed by atoms with E-state index in [9.17, 15) is 4.39 Å². The van der Waals surface area contributed by atoms with Crippen molar-refractivity contribution in [2.24, 2.45) is 11.7 Å². The summed E-state index contributed by atoms with van der Waals surface area (Å²) in [6.45, 7) is 2.16. The first-order chi connectivity index (χ1) is 6.10. The normalized spacial score (nSPS) is 31.8. The first-order valence-electron chi connectivity index (χ1n) is 4.63. The van der Waals surface area contributed by atoms with Crippen molar-refractivity contribution in [3.63, 3.8) is 0 Å². The van der Waals surface area contributed by atoms with Gasteiger partial charge in [-0.3, -0.25) is 0 Å². The molecule has 0 saturated heterocycles. The Balaban J connectivity index is 2.07. The molecule has 1 aliphatic carbocycles. The second kappa shape index (κ2) is 2.81. The van der Waals surface area contributed by atoms with Crippen molar-refractivity contribution >= 4 is 0 Å². The van der Waals surface area contributed by atoms with E-state index in [2.05, 4.69) is 6.92 Å². The van der Waals surface area contributed by atoms with Crippen LogP contribution in [0, 0.1) is 11.7 Å². The predicted octanol–water partition coefficient (Wildman–Crippen LogP) is 2.11. The van der Waals surface area contributed by atoms with Crippen LogP contribution in [0.2, 0.25) is 0 Å². The topological polar surface area (TPSA) is 26.0 Å². The quantitative estimate of drug-likeness (QED) is 0.739. The summed E-state index contributed by atoms with van der Waals surface area (Å²) in [5.74, 6) is 0.427. The summed E-state index contributed by atoms with van der Waals surface area (Å²) in [7, 11) is 0. The molecule has 1 saturated carbocycles. The van der Waals surface area contributed by atoms with Gasteiger partial charge < -0.3 is 5.73 Å². The third-order valence-corrected chi connectivity index (χ3v) is 2.95. The van der Waals surface area contributed by atoms with Crippen molar-refractivity contribution in [1.82, 2.24) is 0 Å². The third-order valence-electron chi connectivity index (χ3n) is 2.95. The lowest BCUT2D eigenvalue weighted by atomic mass is 10.0. The van der Waals surface area contributed by atoms with E-state index in [-0.39, 0.29) is 11.4 Å². The van der Waals surface area contributed by atoms with Gasteiger partial charge in [0.2, 0.25) is 0 Å². The molecule has 0 heterocycles. The van der Waals surface area contributed by atoms with Crippen molar-refractivity contribution in [3.05, 3.63) is 35.6 Å². The summed E-state index contributed by atoms with van der Waals surface area (Å²) in [6, 6.07) is 6.61. The Labute approximate surface area is 77.8 Å². The van der Waals surface area contributed by atoms with E-state index < -0.39 is 0 Å². The average Bonchev–Trinajstić information content (AvgIpc) is 2.65. The maximum Gasteiger partial charge on any atom is 0.123 e. The average molecular weight is 179 g/mol. The van der Waals surface area contributed by atoms with Crippen LogP contribution in [0.3, 0.4) is 0 Å². The first kappa shape index (κ1) is 8.70. The van der Waals surface area contributed by atoms with E-state index >= 15 is 0 Å². The molecule has 2 rings (SSSR count). The van der Waals surface area contributed by atoms with E-state index in [0.29, 0.717) is 5.92 Å². The lowest BCUT2D eigenvalue weighted by Gasteiger charge is -2.09. The summed E-state index contributed by atoms with van der Waals surface area (Å²) < 4.78 is 12.6. The Bertz CT molecular complexity index is 306. The van der Waals surface area contributed by atoms with Crippen molar-refractivity contribution in [2.45, 2.75) is 25.3 Å². The predicted molar refractivity (Wildman–Crippen MR) is 50.8 cm³/mol. The molecule has 70 valence electrons. The van der Waals surface area contributed by atoms with Gasteiger partial charge in [0.15, 0.2) is 0 Å². The standard InChI is InChI=1S/C11H14FN/c1-8-6-11(8,13)7-9-2-4-10(12)5-3-9/h2-5,8H,6-7,13H2,1H3. The Morgan fingerprint density at radius 1 is 1.46 bits per heavy atom. The Hall–Kier alpha value is -0.890. The van der Waals surface area contributed by atoms with Gasteiger partial charge in [-0.05, 0) is 36.5 Å². The maximum absolute atomic E-state index is 12.6. The molecule has 1 fully saturated rings. The number of hydrogen-bond acceptors (Lipinski definition) is 1. The van der Waals surface area contributed by atoms with E-state index in [1.165, 1.54) is 12.1 Å². The molecule has 1 aromatic carbocycles. The van der Waals surface area contributed by atoms with Gasteiger partial charge in [-0.2, -0.15) is 0 Å². The fourth-order valence-corrected chi connectivity index (χ4v) is 1.74. The van der Waals surface area contributed by atoms with E-state index in [0.717, 1.165) is 18.4 Å². The number of rotatable bonds is 2. The molecular weight excluding hydrogens is 165 g/mol.